The van der Waals surface area contributed by atoms with Crippen molar-refractivity contribution in [3.63, 3.8) is 0 Å². The predicted octanol–water partition coefficient (Wildman–Crippen LogP) is 1.57. The first-order valence-electron chi connectivity index (χ1n) is 6.10. The Kier molecular flexibility index (Phi) is 5.42. The lowest BCUT2D eigenvalue weighted by Gasteiger charge is -2.20. The van der Waals surface area contributed by atoms with E-state index in [0.29, 0.717) is 0 Å². The van der Waals surface area contributed by atoms with Crippen molar-refractivity contribution in [2.24, 2.45) is 0 Å². The van der Waals surface area contributed by atoms with Gasteiger partial charge in [0.15, 0.2) is 5.82 Å². The molecule has 0 spiro atoms. The highest BCUT2D eigenvalue weighted by atomic mass is 19.1. The third-order valence-corrected chi connectivity index (χ3v) is 2.63. The molecular weight excluding hydrogens is 270 g/mol. The average molecular weight is 286 g/mol. The molecule has 0 unspecified atom stereocenters. The maximum atomic E-state index is 13.8. The quantitative estimate of drug-likeness (QED) is 0.658. The zero-order chi connectivity index (χ0) is 15.3. The van der Waals surface area contributed by atoms with Crippen LogP contribution >= 0.6 is 0 Å². The van der Waals surface area contributed by atoms with Crippen LogP contribution in [0.1, 0.15) is 24.2 Å². The molecule has 0 saturated carbocycles. The molecule has 1 aromatic carbocycles. The van der Waals surface area contributed by atoms with Crippen LogP contribution in [0, 0.1) is 11.6 Å². The van der Waals surface area contributed by atoms with E-state index >= 15 is 0 Å². The minimum Gasteiger partial charge on any atom is -0.465 e. The maximum Gasteiger partial charge on any atom is 0.325 e. The second-order valence-electron chi connectivity index (χ2n) is 3.95. The van der Waals surface area contributed by atoms with Gasteiger partial charge in [-0.3, -0.25) is 9.59 Å². The summed E-state index contributed by atoms with van der Waals surface area (Å²) < 4.78 is 32.1. The first-order valence-corrected chi connectivity index (χ1v) is 6.10. The molecule has 0 aromatic heterocycles. The molecule has 1 rings (SSSR count). The number of halogens is 2. The molecule has 2 N–H and O–H groups in total. The molecule has 7 heteroatoms. The van der Waals surface area contributed by atoms with E-state index in [1.54, 1.807) is 13.8 Å². The Hall–Kier alpha value is -2.18. The number of anilines is 1. The van der Waals surface area contributed by atoms with Gasteiger partial charge < -0.3 is 15.4 Å². The van der Waals surface area contributed by atoms with Crippen molar-refractivity contribution < 1.29 is 23.1 Å². The molecular formula is C13H16F2N2O3. The molecule has 0 bridgehead atoms. The van der Waals surface area contributed by atoms with Crippen molar-refractivity contribution in [1.29, 1.82) is 0 Å². The van der Waals surface area contributed by atoms with Crippen molar-refractivity contribution in [1.82, 2.24) is 4.90 Å². The van der Waals surface area contributed by atoms with Gasteiger partial charge in [-0.15, -0.1) is 0 Å². The number of carbonyl (C=O) groups excluding carboxylic acids is 2. The highest BCUT2D eigenvalue weighted by molar-refractivity contribution is 5.97. The van der Waals surface area contributed by atoms with Crippen LogP contribution in [0.2, 0.25) is 0 Å². The molecule has 0 heterocycles. The number of nitrogens with zero attached hydrogens (tertiary/aromatic N) is 1. The third-order valence-electron chi connectivity index (χ3n) is 2.63. The minimum atomic E-state index is -1.13. The standard InChI is InChI=1S/C13H16F2N2O3/c1-3-17(7-10(18)20-4-2)13(19)11-8(14)5-6-9(16)12(11)15/h5-6H,3-4,7,16H2,1-2H3. The Morgan fingerprint density at radius 2 is 1.95 bits per heavy atom. The summed E-state index contributed by atoms with van der Waals surface area (Å²) in [6.45, 7) is 3.08. The van der Waals surface area contributed by atoms with Gasteiger partial charge in [-0.1, -0.05) is 0 Å². The van der Waals surface area contributed by atoms with Gasteiger partial charge in [0.25, 0.3) is 5.91 Å². The van der Waals surface area contributed by atoms with Gasteiger partial charge >= 0.3 is 5.97 Å². The van der Waals surface area contributed by atoms with Crippen LogP contribution in [0.5, 0.6) is 0 Å². The second-order valence-corrected chi connectivity index (χ2v) is 3.95. The normalized spacial score (nSPS) is 10.2. The highest BCUT2D eigenvalue weighted by Crippen LogP contribution is 2.20. The van der Waals surface area contributed by atoms with Crippen molar-refractivity contribution in [3.8, 4) is 0 Å². The minimum absolute atomic E-state index is 0.103. The SMILES string of the molecule is CCOC(=O)CN(CC)C(=O)c1c(F)ccc(N)c1F. The summed E-state index contributed by atoms with van der Waals surface area (Å²) in [6, 6.07) is 1.94. The van der Waals surface area contributed by atoms with Crippen LogP contribution in [0.15, 0.2) is 12.1 Å². The predicted molar refractivity (Wildman–Crippen MR) is 69.0 cm³/mol. The van der Waals surface area contributed by atoms with Gasteiger partial charge in [-0.05, 0) is 26.0 Å². The fraction of sp³-hybridized carbons (Fsp3) is 0.385. The van der Waals surface area contributed by atoms with E-state index in [4.69, 9.17) is 10.5 Å². The molecule has 0 aliphatic carbocycles. The Morgan fingerprint density at radius 1 is 1.30 bits per heavy atom. The molecule has 0 fully saturated rings. The summed E-state index contributed by atoms with van der Waals surface area (Å²) in [6.07, 6.45) is 0. The molecule has 110 valence electrons. The smallest absolute Gasteiger partial charge is 0.325 e. The molecule has 1 aromatic rings. The van der Waals surface area contributed by atoms with Crippen LogP contribution in [-0.4, -0.2) is 36.5 Å². The number of hydrogen-bond donors (Lipinski definition) is 1. The molecule has 0 atom stereocenters. The monoisotopic (exact) mass is 286 g/mol. The van der Waals surface area contributed by atoms with E-state index in [0.717, 1.165) is 17.0 Å². The summed E-state index contributed by atoms with van der Waals surface area (Å²) in [5.41, 5.74) is 4.21. The van der Waals surface area contributed by atoms with E-state index in [1.165, 1.54) is 0 Å². The Bertz CT molecular complexity index is 521. The topological polar surface area (TPSA) is 72.6 Å². The summed E-state index contributed by atoms with van der Waals surface area (Å²) >= 11 is 0. The van der Waals surface area contributed by atoms with Crippen molar-refractivity contribution >= 4 is 17.6 Å². The molecule has 0 radical (unpaired) electrons. The van der Waals surface area contributed by atoms with Crippen LogP contribution in [0.3, 0.4) is 0 Å². The van der Waals surface area contributed by atoms with E-state index in [9.17, 15) is 18.4 Å². The van der Waals surface area contributed by atoms with Gasteiger partial charge in [0.1, 0.15) is 17.9 Å². The molecule has 0 aliphatic heterocycles. The lowest BCUT2D eigenvalue weighted by Crippen LogP contribution is -2.37. The Labute approximate surface area is 115 Å². The van der Waals surface area contributed by atoms with Gasteiger partial charge in [-0.25, -0.2) is 8.78 Å². The van der Waals surface area contributed by atoms with E-state index < -0.39 is 29.1 Å². The number of amides is 1. The fourth-order valence-electron chi connectivity index (χ4n) is 1.61. The van der Waals surface area contributed by atoms with Crippen molar-refractivity contribution in [2.75, 3.05) is 25.4 Å². The number of nitrogens with two attached hydrogens (primary N) is 1. The Balaban J connectivity index is 3.03. The molecule has 0 aliphatic rings. The third kappa shape index (κ3) is 3.43. The van der Waals surface area contributed by atoms with Gasteiger partial charge in [0.05, 0.1) is 12.3 Å². The lowest BCUT2D eigenvalue weighted by atomic mass is 10.1. The highest BCUT2D eigenvalue weighted by Gasteiger charge is 2.25. The Morgan fingerprint density at radius 3 is 2.50 bits per heavy atom. The largest absolute Gasteiger partial charge is 0.465 e. The number of likely N-dealkylation sites (N-methyl/N-ethyl adjacent to an activating group) is 1. The number of esters is 1. The second kappa shape index (κ2) is 6.83. The van der Waals surface area contributed by atoms with Crippen LogP contribution < -0.4 is 5.73 Å². The van der Waals surface area contributed by atoms with Crippen LogP contribution in [0.4, 0.5) is 14.5 Å². The van der Waals surface area contributed by atoms with E-state index in [2.05, 4.69) is 0 Å². The molecule has 5 nitrogen and oxygen atoms in total. The number of ether oxygens (including phenoxy) is 1. The van der Waals surface area contributed by atoms with Crippen LogP contribution in [0.25, 0.3) is 0 Å². The van der Waals surface area contributed by atoms with Crippen molar-refractivity contribution in [2.45, 2.75) is 13.8 Å². The van der Waals surface area contributed by atoms with Crippen LogP contribution in [-0.2, 0) is 9.53 Å². The number of rotatable bonds is 5. The van der Waals surface area contributed by atoms with Gasteiger partial charge in [-0.2, -0.15) is 0 Å². The number of hydrogen-bond acceptors (Lipinski definition) is 4. The zero-order valence-electron chi connectivity index (χ0n) is 11.3. The van der Waals surface area contributed by atoms with E-state index in [-0.39, 0.29) is 25.4 Å². The van der Waals surface area contributed by atoms with Crippen molar-refractivity contribution in [3.05, 3.63) is 29.3 Å². The number of benzene rings is 1. The molecule has 20 heavy (non-hydrogen) atoms. The number of carbonyl (C=O) groups is 2. The average Bonchev–Trinajstić information content (AvgIpc) is 2.41. The van der Waals surface area contributed by atoms with Gasteiger partial charge in [0.2, 0.25) is 0 Å². The summed E-state index contributed by atoms with van der Waals surface area (Å²) in [5.74, 6) is -3.74. The molecule has 1 amide bonds. The summed E-state index contributed by atoms with van der Waals surface area (Å²) in [7, 11) is 0. The first-order chi connectivity index (χ1) is 9.42. The van der Waals surface area contributed by atoms with Gasteiger partial charge in [0, 0.05) is 6.54 Å². The zero-order valence-corrected chi connectivity index (χ0v) is 11.3. The fourth-order valence-corrected chi connectivity index (χ4v) is 1.61. The summed E-state index contributed by atoms with van der Waals surface area (Å²) in [4.78, 5) is 24.4. The lowest BCUT2D eigenvalue weighted by molar-refractivity contribution is -0.143. The number of nitrogen functional groups attached to an aromatic ring is 1. The van der Waals surface area contributed by atoms with E-state index in [1.807, 2.05) is 0 Å². The maximum absolute atomic E-state index is 13.8. The molecule has 0 saturated heterocycles. The summed E-state index contributed by atoms with van der Waals surface area (Å²) in [5, 5.41) is 0. The first kappa shape index (κ1) is 15.9.